The van der Waals surface area contributed by atoms with Crippen molar-refractivity contribution in [2.24, 2.45) is 11.7 Å². The zero-order valence-corrected chi connectivity index (χ0v) is 11.4. The molecule has 2 unspecified atom stereocenters. The normalized spacial score (nSPS) is 14.8. The van der Waals surface area contributed by atoms with Crippen molar-refractivity contribution >= 4 is 11.8 Å². The summed E-state index contributed by atoms with van der Waals surface area (Å²) >= 11 is 1.87. The molecule has 1 aromatic carbocycles. The van der Waals surface area contributed by atoms with Gasteiger partial charge in [0.05, 0.1) is 0 Å². The molecule has 90 valence electrons. The Morgan fingerprint density at radius 3 is 2.31 bits per heavy atom. The minimum absolute atomic E-state index is 0.190. The molecule has 16 heavy (non-hydrogen) atoms. The summed E-state index contributed by atoms with van der Waals surface area (Å²) in [7, 11) is 0. The van der Waals surface area contributed by atoms with Gasteiger partial charge in [-0.05, 0) is 35.8 Å². The summed E-state index contributed by atoms with van der Waals surface area (Å²) in [6.07, 6.45) is 2.29. The molecule has 2 heteroatoms. The van der Waals surface area contributed by atoms with Crippen molar-refractivity contribution in [3.05, 3.63) is 29.8 Å². The van der Waals surface area contributed by atoms with Gasteiger partial charge < -0.3 is 5.73 Å². The minimum Gasteiger partial charge on any atom is -0.324 e. The maximum Gasteiger partial charge on any atom is 0.0297 e. The molecule has 0 radical (unpaired) electrons. The summed E-state index contributed by atoms with van der Waals surface area (Å²) in [5.74, 6) is 1.83. The van der Waals surface area contributed by atoms with Crippen LogP contribution < -0.4 is 5.73 Å². The highest BCUT2D eigenvalue weighted by Gasteiger charge is 2.09. The van der Waals surface area contributed by atoms with E-state index in [9.17, 15) is 0 Å². The van der Waals surface area contributed by atoms with E-state index in [0.717, 1.165) is 12.2 Å². The average molecular weight is 237 g/mol. The topological polar surface area (TPSA) is 26.0 Å². The van der Waals surface area contributed by atoms with Gasteiger partial charge in [0.25, 0.3) is 0 Å². The average Bonchev–Trinajstić information content (AvgIpc) is 2.30. The third kappa shape index (κ3) is 4.18. The predicted molar refractivity (Wildman–Crippen MR) is 73.8 cm³/mol. The van der Waals surface area contributed by atoms with Crippen molar-refractivity contribution in [2.45, 2.75) is 44.6 Å². The van der Waals surface area contributed by atoms with E-state index >= 15 is 0 Å². The van der Waals surface area contributed by atoms with Crippen molar-refractivity contribution in [1.29, 1.82) is 0 Å². The second kappa shape index (κ2) is 6.97. The van der Waals surface area contributed by atoms with Gasteiger partial charge in [0.15, 0.2) is 0 Å². The van der Waals surface area contributed by atoms with E-state index in [1.54, 1.807) is 0 Å². The standard InChI is InChI=1S/C14H23NS/c1-4-11(3)10-14(15)12-6-8-13(9-7-12)16-5-2/h6-9,11,14H,4-5,10,15H2,1-3H3. The molecule has 0 bridgehead atoms. The number of nitrogens with two attached hydrogens (primary N) is 1. The van der Waals surface area contributed by atoms with E-state index in [2.05, 4.69) is 45.0 Å². The quantitative estimate of drug-likeness (QED) is 0.749. The largest absolute Gasteiger partial charge is 0.324 e. The maximum atomic E-state index is 6.19. The van der Waals surface area contributed by atoms with Gasteiger partial charge in [0.1, 0.15) is 0 Å². The molecule has 2 N–H and O–H groups in total. The molecular formula is C14H23NS. The smallest absolute Gasteiger partial charge is 0.0297 e. The summed E-state index contributed by atoms with van der Waals surface area (Å²) in [6.45, 7) is 6.66. The first-order valence-corrected chi connectivity index (χ1v) is 7.14. The van der Waals surface area contributed by atoms with Crippen LogP contribution in [0.5, 0.6) is 0 Å². The summed E-state index contributed by atoms with van der Waals surface area (Å²) in [4.78, 5) is 1.34. The van der Waals surface area contributed by atoms with Gasteiger partial charge in [-0.3, -0.25) is 0 Å². The highest BCUT2D eigenvalue weighted by atomic mass is 32.2. The Balaban J connectivity index is 2.59. The second-order valence-electron chi connectivity index (χ2n) is 4.36. The van der Waals surface area contributed by atoms with Crippen molar-refractivity contribution < 1.29 is 0 Å². The van der Waals surface area contributed by atoms with Crippen molar-refractivity contribution in [1.82, 2.24) is 0 Å². The van der Waals surface area contributed by atoms with Crippen molar-refractivity contribution in [2.75, 3.05) is 5.75 Å². The van der Waals surface area contributed by atoms with E-state index in [1.165, 1.54) is 16.9 Å². The Hall–Kier alpha value is -0.470. The number of rotatable bonds is 6. The molecule has 0 amide bonds. The van der Waals surface area contributed by atoms with Crippen LogP contribution >= 0.6 is 11.8 Å². The van der Waals surface area contributed by atoms with E-state index in [-0.39, 0.29) is 6.04 Å². The number of hydrogen-bond donors (Lipinski definition) is 1. The van der Waals surface area contributed by atoms with E-state index in [0.29, 0.717) is 5.92 Å². The molecule has 1 aromatic rings. The zero-order chi connectivity index (χ0) is 12.0. The van der Waals surface area contributed by atoms with Gasteiger partial charge in [0.2, 0.25) is 0 Å². The molecule has 0 aliphatic carbocycles. The second-order valence-corrected chi connectivity index (χ2v) is 5.70. The summed E-state index contributed by atoms with van der Waals surface area (Å²) in [5.41, 5.74) is 7.45. The van der Waals surface area contributed by atoms with E-state index in [1.807, 2.05) is 11.8 Å². The molecular weight excluding hydrogens is 214 g/mol. The molecule has 0 heterocycles. The first kappa shape index (κ1) is 13.6. The SMILES string of the molecule is CCSc1ccc(C(N)CC(C)CC)cc1. The van der Waals surface area contributed by atoms with Crippen LogP contribution in [0.15, 0.2) is 29.2 Å². The lowest BCUT2D eigenvalue weighted by Gasteiger charge is -2.16. The van der Waals surface area contributed by atoms with Gasteiger partial charge in [-0.2, -0.15) is 0 Å². The molecule has 0 aromatic heterocycles. The number of benzene rings is 1. The Morgan fingerprint density at radius 2 is 1.81 bits per heavy atom. The van der Waals surface area contributed by atoms with Crippen molar-refractivity contribution in [3.8, 4) is 0 Å². The van der Waals surface area contributed by atoms with Crippen molar-refractivity contribution in [3.63, 3.8) is 0 Å². The third-order valence-electron chi connectivity index (χ3n) is 2.97. The minimum atomic E-state index is 0.190. The van der Waals surface area contributed by atoms with Gasteiger partial charge in [0, 0.05) is 10.9 Å². The summed E-state index contributed by atoms with van der Waals surface area (Å²) in [6, 6.07) is 8.89. The number of thioether (sulfide) groups is 1. The van der Waals surface area contributed by atoms with Gasteiger partial charge in [-0.1, -0.05) is 39.3 Å². The Kier molecular flexibility index (Phi) is 5.93. The van der Waals surface area contributed by atoms with Crippen LogP contribution in [0.1, 0.15) is 45.2 Å². The van der Waals surface area contributed by atoms with E-state index in [4.69, 9.17) is 5.73 Å². The fourth-order valence-electron chi connectivity index (χ4n) is 1.71. The van der Waals surface area contributed by atoms with Crippen LogP contribution in [0.4, 0.5) is 0 Å². The predicted octanol–water partition coefficient (Wildman–Crippen LogP) is 4.23. The number of hydrogen-bond acceptors (Lipinski definition) is 2. The molecule has 1 nitrogen and oxygen atoms in total. The molecule has 2 atom stereocenters. The lowest BCUT2D eigenvalue weighted by Crippen LogP contribution is -2.13. The van der Waals surface area contributed by atoms with Crippen LogP contribution in [0.2, 0.25) is 0 Å². The maximum absolute atomic E-state index is 6.19. The molecule has 0 spiro atoms. The van der Waals surface area contributed by atoms with Gasteiger partial charge in [-0.25, -0.2) is 0 Å². The summed E-state index contributed by atoms with van der Waals surface area (Å²) < 4.78 is 0. The molecule has 0 saturated carbocycles. The van der Waals surface area contributed by atoms with Crippen LogP contribution in [-0.4, -0.2) is 5.75 Å². The lowest BCUT2D eigenvalue weighted by atomic mass is 9.95. The van der Waals surface area contributed by atoms with Crippen LogP contribution in [-0.2, 0) is 0 Å². The third-order valence-corrected chi connectivity index (χ3v) is 3.87. The van der Waals surface area contributed by atoms with Gasteiger partial charge in [-0.15, -0.1) is 11.8 Å². The van der Waals surface area contributed by atoms with Gasteiger partial charge >= 0.3 is 0 Å². The Bertz CT molecular complexity index is 294. The molecule has 1 rings (SSSR count). The lowest BCUT2D eigenvalue weighted by molar-refractivity contribution is 0.461. The Labute approximate surface area is 104 Å². The van der Waals surface area contributed by atoms with Crippen LogP contribution in [0, 0.1) is 5.92 Å². The summed E-state index contributed by atoms with van der Waals surface area (Å²) in [5, 5.41) is 0. The monoisotopic (exact) mass is 237 g/mol. The fourth-order valence-corrected chi connectivity index (χ4v) is 2.38. The molecule has 0 fully saturated rings. The molecule has 0 aliphatic rings. The first-order valence-electron chi connectivity index (χ1n) is 6.15. The van der Waals surface area contributed by atoms with E-state index < -0.39 is 0 Å². The molecule has 0 saturated heterocycles. The van der Waals surface area contributed by atoms with Crippen LogP contribution in [0.25, 0.3) is 0 Å². The fraction of sp³-hybridized carbons (Fsp3) is 0.571. The van der Waals surface area contributed by atoms with Crippen LogP contribution in [0.3, 0.4) is 0 Å². The highest BCUT2D eigenvalue weighted by Crippen LogP contribution is 2.24. The zero-order valence-electron chi connectivity index (χ0n) is 10.6. The highest BCUT2D eigenvalue weighted by molar-refractivity contribution is 7.99. The Morgan fingerprint density at radius 1 is 1.19 bits per heavy atom. The molecule has 0 aliphatic heterocycles. The first-order chi connectivity index (χ1) is 7.67.